The highest BCUT2D eigenvalue weighted by Crippen LogP contribution is 2.28. The number of ether oxygens (including phenoxy) is 1. The first kappa shape index (κ1) is 17.1. The first-order valence-electron chi connectivity index (χ1n) is 7.74. The van der Waals surface area contributed by atoms with Crippen molar-refractivity contribution in [3.63, 3.8) is 0 Å². The predicted molar refractivity (Wildman–Crippen MR) is 93.1 cm³/mol. The summed E-state index contributed by atoms with van der Waals surface area (Å²) in [6.07, 6.45) is 1.10. The van der Waals surface area contributed by atoms with Crippen molar-refractivity contribution >= 4 is 27.1 Å². The standard InChI is InChI=1S/C17H19NO4S2/c1-22-15-6-4-13(5-7-15)17(19)14-8-10-18(11-9-14)24(20,21)16-3-2-12-23-16/h2-7,12,14H,8-11H2,1H3. The molecular formula is C17H19NO4S2. The van der Waals surface area contributed by atoms with Gasteiger partial charge in [0, 0.05) is 24.6 Å². The van der Waals surface area contributed by atoms with Gasteiger partial charge < -0.3 is 4.74 Å². The summed E-state index contributed by atoms with van der Waals surface area (Å²) in [6.45, 7) is 0.763. The lowest BCUT2D eigenvalue weighted by Gasteiger charge is -2.30. The van der Waals surface area contributed by atoms with Gasteiger partial charge >= 0.3 is 0 Å². The maximum Gasteiger partial charge on any atom is 0.252 e. The van der Waals surface area contributed by atoms with Crippen molar-refractivity contribution in [3.8, 4) is 5.75 Å². The maximum atomic E-state index is 12.6. The number of hydrogen-bond acceptors (Lipinski definition) is 5. The Labute approximate surface area is 145 Å². The molecule has 0 radical (unpaired) electrons. The quantitative estimate of drug-likeness (QED) is 0.764. The second-order valence-corrected chi connectivity index (χ2v) is 8.82. The third-order valence-corrected chi connectivity index (χ3v) is 7.56. The van der Waals surface area contributed by atoms with E-state index in [1.54, 1.807) is 48.9 Å². The Morgan fingerprint density at radius 3 is 2.38 bits per heavy atom. The Morgan fingerprint density at radius 2 is 1.83 bits per heavy atom. The van der Waals surface area contributed by atoms with Crippen molar-refractivity contribution in [2.45, 2.75) is 17.1 Å². The van der Waals surface area contributed by atoms with E-state index in [2.05, 4.69) is 0 Å². The number of hydrogen-bond donors (Lipinski definition) is 0. The summed E-state index contributed by atoms with van der Waals surface area (Å²) < 4.78 is 31.9. The van der Waals surface area contributed by atoms with Crippen LogP contribution in [0.3, 0.4) is 0 Å². The Bertz CT molecular complexity index is 790. The Morgan fingerprint density at radius 1 is 1.17 bits per heavy atom. The van der Waals surface area contributed by atoms with Crippen molar-refractivity contribution in [1.29, 1.82) is 0 Å². The lowest BCUT2D eigenvalue weighted by molar-refractivity contribution is 0.0875. The molecule has 0 N–H and O–H groups in total. The molecule has 2 aromatic rings. The van der Waals surface area contributed by atoms with Crippen molar-refractivity contribution in [2.24, 2.45) is 5.92 Å². The van der Waals surface area contributed by atoms with Gasteiger partial charge in [0.05, 0.1) is 7.11 Å². The highest BCUT2D eigenvalue weighted by Gasteiger charge is 2.32. The van der Waals surface area contributed by atoms with Crippen LogP contribution in [0, 0.1) is 5.92 Å². The molecule has 5 nitrogen and oxygen atoms in total. The lowest BCUT2D eigenvalue weighted by Crippen LogP contribution is -2.40. The average molecular weight is 365 g/mol. The molecule has 1 fully saturated rings. The molecule has 2 heterocycles. The van der Waals surface area contributed by atoms with Crippen LogP contribution < -0.4 is 4.74 Å². The molecule has 0 unspecified atom stereocenters. The van der Waals surface area contributed by atoms with Crippen LogP contribution >= 0.6 is 11.3 Å². The van der Waals surface area contributed by atoms with Crippen molar-refractivity contribution in [2.75, 3.05) is 20.2 Å². The highest BCUT2D eigenvalue weighted by atomic mass is 32.2. The van der Waals surface area contributed by atoms with Crippen LogP contribution in [0.1, 0.15) is 23.2 Å². The van der Waals surface area contributed by atoms with Gasteiger partial charge in [-0.25, -0.2) is 8.42 Å². The first-order chi connectivity index (χ1) is 11.5. The van der Waals surface area contributed by atoms with Crippen LogP contribution in [0.4, 0.5) is 0 Å². The van der Waals surface area contributed by atoms with Crippen LogP contribution in [0.2, 0.25) is 0 Å². The predicted octanol–water partition coefficient (Wildman–Crippen LogP) is 3.04. The van der Waals surface area contributed by atoms with Gasteiger partial charge in [-0.05, 0) is 48.6 Å². The number of rotatable bonds is 5. The molecule has 0 spiro atoms. The van der Waals surface area contributed by atoms with E-state index in [4.69, 9.17) is 4.74 Å². The van der Waals surface area contributed by atoms with Gasteiger partial charge in [0.15, 0.2) is 5.78 Å². The van der Waals surface area contributed by atoms with E-state index in [1.807, 2.05) is 0 Å². The van der Waals surface area contributed by atoms with Crippen LogP contribution in [-0.2, 0) is 10.0 Å². The monoisotopic (exact) mass is 365 g/mol. The third-order valence-electron chi connectivity index (χ3n) is 4.29. The van der Waals surface area contributed by atoms with E-state index in [1.165, 1.54) is 15.6 Å². The fraction of sp³-hybridized carbons (Fsp3) is 0.353. The molecule has 1 aliphatic heterocycles. The topological polar surface area (TPSA) is 63.7 Å². The van der Waals surface area contributed by atoms with E-state index >= 15 is 0 Å². The van der Waals surface area contributed by atoms with E-state index < -0.39 is 10.0 Å². The number of methoxy groups -OCH3 is 1. The molecule has 1 aromatic heterocycles. The Kier molecular flexibility index (Phi) is 5.03. The second-order valence-electron chi connectivity index (χ2n) is 5.70. The Balaban J connectivity index is 1.65. The molecule has 3 rings (SSSR count). The molecule has 0 atom stereocenters. The number of carbonyl (C=O) groups excluding carboxylic acids is 1. The second kappa shape index (κ2) is 7.04. The number of nitrogens with zero attached hydrogens (tertiary/aromatic N) is 1. The number of sulfonamides is 1. The molecule has 1 aromatic carbocycles. The van der Waals surface area contributed by atoms with Gasteiger partial charge in [-0.15, -0.1) is 11.3 Å². The summed E-state index contributed by atoms with van der Waals surface area (Å²) >= 11 is 1.22. The van der Waals surface area contributed by atoms with Crippen molar-refractivity contribution < 1.29 is 17.9 Å². The summed E-state index contributed by atoms with van der Waals surface area (Å²) in [5.74, 6) is 0.655. The molecule has 0 saturated carbocycles. The molecule has 1 saturated heterocycles. The van der Waals surface area contributed by atoms with Crippen LogP contribution in [0.15, 0.2) is 46.0 Å². The van der Waals surface area contributed by atoms with E-state index in [-0.39, 0.29) is 11.7 Å². The number of ketones is 1. The number of Topliss-reactive ketones (excluding diaryl/α,β-unsaturated/α-hetero) is 1. The number of benzene rings is 1. The third kappa shape index (κ3) is 3.38. The summed E-state index contributed by atoms with van der Waals surface area (Å²) in [4.78, 5) is 12.6. The zero-order valence-corrected chi connectivity index (χ0v) is 15.0. The largest absolute Gasteiger partial charge is 0.497 e. The molecule has 7 heteroatoms. The number of thiophene rings is 1. The Hall–Kier alpha value is -1.70. The summed E-state index contributed by atoms with van der Waals surface area (Å²) in [5, 5.41) is 1.76. The molecule has 24 heavy (non-hydrogen) atoms. The SMILES string of the molecule is COc1ccc(C(=O)C2CCN(S(=O)(=O)c3cccs3)CC2)cc1. The zero-order valence-electron chi connectivity index (χ0n) is 13.3. The fourth-order valence-corrected chi connectivity index (χ4v) is 5.50. The normalized spacial score (nSPS) is 16.9. The maximum absolute atomic E-state index is 12.6. The lowest BCUT2D eigenvalue weighted by atomic mass is 9.89. The van der Waals surface area contributed by atoms with Gasteiger partial charge in [0.2, 0.25) is 0 Å². The summed E-state index contributed by atoms with van der Waals surface area (Å²) in [5.41, 5.74) is 0.648. The minimum absolute atomic E-state index is 0.0748. The van der Waals surface area contributed by atoms with Gasteiger partial charge in [-0.2, -0.15) is 4.31 Å². The smallest absolute Gasteiger partial charge is 0.252 e. The minimum Gasteiger partial charge on any atom is -0.497 e. The zero-order chi connectivity index (χ0) is 17.2. The van der Waals surface area contributed by atoms with E-state index in [0.29, 0.717) is 41.5 Å². The van der Waals surface area contributed by atoms with E-state index in [9.17, 15) is 13.2 Å². The molecule has 1 aliphatic rings. The van der Waals surface area contributed by atoms with Crippen LogP contribution in [0.25, 0.3) is 0 Å². The summed E-state index contributed by atoms with van der Waals surface area (Å²) in [6, 6.07) is 10.4. The fourth-order valence-electron chi connectivity index (χ4n) is 2.89. The molecule has 128 valence electrons. The molecule has 0 bridgehead atoms. The van der Waals surface area contributed by atoms with Crippen molar-refractivity contribution in [1.82, 2.24) is 4.31 Å². The van der Waals surface area contributed by atoms with E-state index in [0.717, 1.165) is 0 Å². The summed E-state index contributed by atoms with van der Waals surface area (Å²) in [7, 11) is -1.83. The first-order valence-corrected chi connectivity index (χ1v) is 10.1. The van der Waals surface area contributed by atoms with Crippen LogP contribution in [0.5, 0.6) is 5.75 Å². The van der Waals surface area contributed by atoms with Crippen LogP contribution in [-0.4, -0.2) is 38.7 Å². The molecule has 0 amide bonds. The molecular weight excluding hydrogens is 346 g/mol. The van der Waals surface area contributed by atoms with Gasteiger partial charge in [-0.1, -0.05) is 6.07 Å². The molecule has 0 aliphatic carbocycles. The van der Waals surface area contributed by atoms with Gasteiger partial charge in [-0.3, -0.25) is 4.79 Å². The number of piperidine rings is 1. The van der Waals surface area contributed by atoms with Gasteiger partial charge in [0.25, 0.3) is 10.0 Å². The van der Waals surface area contributed by atoms with Crippen molar-refractivity contribution in [3.05, 3.63) is 47.3 Å². The average Bonchev–Trinajstić information content (AvgIpc) is 3.17. The highest BCUT2D eigenvalue weighted by molar-refractivity contribution is 7.91. The minimum atomic E-state index is -3.42. The number of carbonyl (C=O) groups is 1. The van der Waals surface area contributed by atoms with Gasteiger partial charge in [0.1, 0.15) is 9.96 Å².